The molecule has 120 valence electrons. The summed E-state index contributed by atoms with van der Waals surface area (Å²) >= 11 is 0. The predicted octanol–water partition coefficient (Wildman–Crippen LogP) is 3.23. The first-order valence-electron chi connectivity index (χ1n) is 8.20. The number of ether oxygens (including phenoxy) is 1. The van der Waals surface area contributed by atoms with E-state index in [2.05, 4.69) is 22.3 Å². The van der Waals surface area contributed by atoms with E-state index in [0.717, 1.165) is 31.6 Å². The lowest BCUT2D eigenvalue weighted by atomic mass is 10.0. The van der Waals surface area contributed by atoms with Crippen LogP contribution in [0.2, 0.25) is 0 Å². The number of benzene rings is 2. The van der Waals surface area contributed by atoms with E-state index in [1.54, 1.807) is 13.2 Å². The average molecular weight is 312 g/mol. The molecule has 0 radical (unpaired) electrons. The van der Waals surface area contributed by atoms with Crippen molar-refractivity contribution in [2.24, 2.45) is 0 Å². The van der Waals surface area contributed by atoms with E-state index in [0.29, 0.717) is 17.4 Å². The largest absolute Gasteiger partial charge is 0.497 e. The molecule has 2 aliphatic heterocycles. The van der Waals surface area contributed by atoms with Gasteiger partial charge in [0, 0.05) is 36.4 Å². The highest BCUT2D eigenvalue weighted by molar-refractivity contribution is 5.73. The van der Waals surface area contributed by atoms with Crippen molar-refractivity contribution in [2.75, 3.05) is 31.6 Å². The lowest BCUT2D eigenvalue weighted by Gasteiger charge is -2.25. The summed E-state index contributed by atoms with van der Waals surface area (Å²) in [6, 6.07) is 12.0. The Kier molecular flexibility index (Phi) is 3.69. The fourth-order valence-electron chi connectivity index (χ4n) is 3.74. The van der Waals surface area contributed by atoms with Gasteiger partial charge in [-0.3, -0.25) is 0 Å². The molecule has 1 saturated heterocycles. The maximum absolute atomic E-state index is 14.4. The molecule has 1 unspecified atom stereocenters. The zero-order valence-corrected chi connectivity index (χ0v) is 13.3. The Bertz CT molecular complexity index is 731. The van der Waals surface area contributed by atoms with Gasteiger partial charge in [-0.05, 0) is 48.7 Å². The van der Waals surface area contributed by atoms with Gasteiger partial charge in [0.1, 0.15) is 11.6 Å². The van der Waals surface area contributed by atoms with E-state index in [1.165, 1.54) is 23.7 Å². The van der Waals surface area contributed by atoms with Gasteiger partial charge in [-0.15, -0.1) is 0 Å². The molecule has 0 amide bonds. The first kappa shape index (κ1) is 14.5. The smallest absolute Gasteiger partial charge is 0.134 e. The molecule has 0 aliphatic carbocycles. The second-order valence-corrected chi connectivity index (χ2v) is 6.28. The highest BCUT2D eigenvalue weighted by Gasteiger charge is 2.30. The summed E-state index contributed by atoms with van der Waals surface area (Å²) < 4.78 is 19.5. The van der Waals surface area contributed by atoms with Gasteiger partial charge in [0.25, 0.3) is 0 Å². The highest BCUT2D eigenvalue weighted by Crippen LogP contribution is 2.37. The van der Waals surface area contributed by atoms with Crippen LogP contribution >= 0.6 is 0 Å². The maximum Gasteiger partial charge on any atom is 0.134 e. The Morgan fingerprint density at radius 1 is 1.17 bits per heavy atom. The second-order valence-electron chi connectivity index (χ2n) is 6.28. The standard InChI is InChI=1S/C19H21FN2O/c1-23-16-4-5-17(18(20)12-16)13-2-3-14-10-15-6-7-21-8-9-22(15)19(14)11-13/h2-5,11-12,15,21H,6-10H2,1H3. The number of halogens is 1. The molecule has 4 heteroatoms. The van der Waals surface area contributed by atoms with E-state index in [9.17, 15) is 4.39 Å². The Labute approximate surface area is 136 Å². The van der Waals surface area contributed by atoms with Crippen LogP contribution in [0.4, 0.5) is 10.1 Å². The first-order valence-corrected chi connectivity index (χ1v) is 8.20. The molecule has 4 rings (SSSR count). The molecule has 1 fully saturated rings. The van der Waals surface area contributed by atoms with Crippen LogP contribution in [-0.2, 0) is 6.42 Å². The highest BCUT2D eigenvalue weighted by atomic mass is 19.1. The van der Waals surface area contributed by atoms with E-state index in [-0.39, 0.29) is 5.82 Å². The topological polar surface area (TPSA) is 24.5 Å². The van der Waals surface area contributed by atoms with Crippen LogP contribution in [0.1, 0.15) is 12.0 Å². The van der Waals surface area contributed by atoms with Gasteiger partial charge in [-0.1, -0.05) is 12.1 Å². The SMILES string of the molecule is COc1ccc(-c2ccc3c(c2)N2CCNCCC2C3)c(F)c1. The van der Waals surface area contributed by atoms with Crippen LogP contribution in [0, 0.1) is 5.82 Å². The van der Waals surface area contributed by atoms with Crippen molar-refractivity contribution in [3.63, 3.8) is 0 Å². The second kappa shape index (κ2) is 5.85. The fourth-order valence-corrected chi connectivity index (χ4v) is 3.74. The fraction of sp³-hybridized carbons (Fsp3) is 0.368. The van der Waals surface area contributed by atoms with Gasteiger partial charge >= 0.3 is 0 Å². The minimum Gasteiger partial charge on any atom is -0.497 e. The molecular formula is C19H21FN2O. The summed E-state index contributed by atoms with van der Waals surface area (Å²) in [5, 5.41) is 3.46. The van der Waals surface area contributed by atoms with Gasteiger partial charge < -0.3 is 15.0 Å². The van der Waals surface area contributed by atoms with Gasteiger partial charge in [0.05, 0.1) is 7.11 Å². The van der Waals surface area contributed by atoms with Crippen LogP contribution in [0.25, 0.3) is 11.1 Å². The lowest BCUT2D eigenvalue weighted by molar-refractivity contribution is 0.411. The first-order chi connectivity index (χ1) is 11.3. The summed E-state index contributed by atoms with van der Waals surface area (Å²) in [6.07, 6.45) is 2.27. The number of nitrogens with zero attached hydrogens (tertiary/aromatic N) is 1. The van der Waals surface area contributed by atoms with Gasteiger partial charge in [0.15, 0.2) is 0 Å². The maximum atomic E-state index is 14.4. The summed E-state index contributed by atoms with van der Waals surface area (Å²) in [5.74, 6) is 0.308. The molecular weight excluding hydrogens is 291 g/mol. The van der Waals surface area contributed by atoms with Gasteiger partial charge in [0.2, 0.25) is 0 Å². The molecule has 2 aromatic rings. The lowest BCUT2D eigenvalue weighted by Crippen LogP contribution is -2.32. The molecule has 2 aromatic carbocycles. The minimum atomic E-state index is -0.239. The van der Waals surface area contributed by atoms with Crippen molar-refractivity contribution in [1.82, 2.24) is 5.32 Å². The number of methoxy groups -OCH3 is 1. The Balaban J connectivity index is 1.72. The van der Waals surface area contributed by atoms with Crippen molar-refractivity contribution in [3.05, 3.63) is 47.8 Å². The molecule has 1 atom stereocenters. The molecule has 0 saturated carbocycles. The zero-order chi connectivity index (χ0) is 15.8. The van der Waals surface area contributed by atoms with Crippen LogP contribution in [-0.4, -0.2) is 32.8 Å². The van der Waals surface area contributed by atoms with E-state index >= 15 is 0 Å². The number of anilines is 1. The quantitative estimate of drug-likeness (QED) is 0.921. The summed E-state index contributed by atoms with van der Waals surface area (Å²) in [6.45, 7) is 3.11. The monoisotopic (exact) mass is 312 g/mol. The number of hydrogen-bond donors (Lipinski definition) is 1. The molecule has 0 bridgehead atoms. The summed E-state index contributed by atoms with van der Waals surface area (Å²) in [4.78, 5) is 2.49. The van der Waals surface area contributed by atoms with Crippen molar-refractivity contribution in [3.8, 4) is 16.9 Å². The third-order valence-electron chi connectivity index (χ3n) is 4.96. The van der Waals surface area contributed by atoms with Crippen molar-refractivity contribution < 1.29 is 9.13 Å². The normalized spacial score (nSPS) is 19.9. The Morgan fingerprint density at radius 2 is 2.09 bits per heavy atom. The zero-order valence-electron chi connectivity index (χ0n) is 13.3. The van der Waals surface area contributed by atoms with Gasteiger partial charge in [-0.25, -0.2) is 4.39 Å². The van der Waals surface area contributed by atoms with Crippen molar-refractivity contribution in [2.45, 2.75) is 18.9 Å². The van der Waals surface area contributed by atoms with E-state index < -0.39 is 0 Å². The Morgan fingerprint density at radius 3 is 2.91 bits per heavy atom. The average Bonchev–Trinajstić information content (AvgIpc) is 2.75. The molecule has 23 heavy (non-hydrogen) atoms. The van der Waals surface area contributed by atoms with Crippen LogP contribution in [0.5, 0.6) is 5.75 Å². The number of rotatable bonds is 2. The molecule has 2 aliphatic rings. The van der Waals surface area contributed by atoms with Crippen molar-refractivity contribution in [1.29, 1.82) is 0 Å². The van der Waals surface area contributed by atoms with E-state index in [1.807, 2.05) is 12.1 Å². The van der Waals surface area contributed by atoms with E-state index in [4.69, 9.17) is 4.74 Å². The number of hydrogen-bond acceptors (Lipinski definition) is 3. The summed E-state index contributed by atoms with van der Waals surface area (Å²) in [7, 11) is 1.55. The molecule has 0 spiro atoms. The van der Waals surface area contributed by atoms with Crippen LogP contribution < -0.4 is 15.0 Å². The third kappa shape index (κ3) is 2.57. The third-order valence-corrected chi connectivity index (χ3v) is 4.96. The predicted molar refractivity (Wildman–Crippen MR) is 90.7 cm³/mol. The molecule has 1 N–H and O–H groups in total. The van der Waals surface area contributed by atoms with Crippen LogP contribution in [0.15, 0.2) is 36.4 Å². The Hall–Kier alpha value is -2.07. The van der Waals surface area contributed by atoms with Crippen LogP contribution in [0.3, 0.4) is 0 Å². The molecule has 0 aromatic heterocycles. The molecule has 2 heterocycles. The molecule has 3 nitrogen and oxygen atoms in total. The number of nitrogens with one attached hydrogen (secondary N) is 1. The van der Waals surface area contributed by atoms with Gasteiger partial charge in [-0.2, -0.15) is 0 Å². The minimum absolute atomic E-state index is 0.239. The number of fused-ring (bicyclic) bond motifs is 3. The summed E-state index contributed by atoms with van der Waals surface area (Å²) in [5.41, 5.74) is 4.22. The van der Waals surface area contributed by atoms with Crippen molar-refractivity contribution >= 4 is 5.69 Å².